The average molecular weight is 259 g/mol. The Morgan fingerprint density at radius 3 is 2.63 bits per heavy atom. The van der Waals surface area contributed by atoms with Crippen molar-refractivity contribution in [3.63, 3.8) is 0 Å². The average Bonchev–Trinajstić information content (AvgIpc) is 2.86. The van der Waals surface area contributed by atoms with Crippen LogP contribution in [0.2, 0.25) is 0 Å². The molecule has 0 aliphatic carbocycles. The third-order valence-electron chi connectivity index (χ3n) is 2.75. The normalized spacial score (nSPS) is 10.9. The fourth-order valence-electron chi connectivity index (χ4n) is 1.76. The maximum Gasteiger partial charge on any atom is 0.137 e. The third-order valence-corrected chi connectivity index (χ3v) is 2.75. The number of nitrogens with zero attached hydrogens (tertiary/aromatic N) is 1. The van der Waals surface area contributed by atoms with Crippen LogP contribution in [0.4, 0.5) is 0 Å². The van der Waals surface area contributed by atoms with Crippen molar-refractivity contribution in [2.75, 3.05) is 13.2 Å². The fraction of sp³-hybridized carbons (Fsp3) is 0.400. The minimum absolute atomic E-state index is 0.531. The van der Waals surface area contributed by atoms with E-state index in [1.165, 1.54) is 0 Å². The molecular formula is C15H21N3O. The van der Waals surface area contributed by atoms with Crippen LogP contribution >= 0.6 is 0 Å². The van der Waals surface area contributed by atoms with Gasteiger partial charge in [0.15, 0.2) is 0 Å². The number of nitrogens with two attached hydrogens (primary N) is 1. The number of aromatic nitrogens is 2. The van der Waals surface area contributed by atoms with Crippen molar-refractivity contribution in [2.45, 2.75) is 20.3 Å². The first-order valence-corrected chi connectivity index (χ1v) is 6.66. The first-order valence-electron chi connectivity index (χ1n) is 6.66. The minimum atomic E-state index is 0.531. The monoisotopic (exact) mass is 259 g/mol. The smallest absolute Gasteiger partial charge is 0.137 e. The number of aromatic amines is 1. The number of imidazole rings is 1. The molecule has 1 aromatic carbocycles. The fourth-order valence-corrected chi connectivity index (χ4v) is 1.76. The van der Waals surface area contributed by atoms with E-state index in [4.69, 9.17) is 10.5 Å². The molecule has 2 aromatic rings. The van der Waals surface area contributed by atoms with Crippen LogP contribution in [0, 0.1) is 5.92 Å². The molecule has 0 amide bonds. The highest BCUT2D eigenvalue weighted by atomic mass is 16.5. The summed E-state index contributed by atoms with van der Waals surface area (Å²) in [6.07, 6.45) is 2.66. The van der Waals surface area contributed by atoms with Gasteiger partial charge in [-0.1, -0.05) is 13.8 Å². The Morgan fingerprint density at radius 1 is 1.26 bits per heavy atom. The van der Waals surface area contributed by atoms with E-state index in [-0.39, 0.29) is 0 Å². The number of hydrogen-bond donors (Lipinski definition) is 2. The second kappa shape index (κ2) is 6.38. The van der Waals surface area contributed by atoms with Gasteiger partial charge in [-0.05, 0) is 36.7 Å². The number of nitrogens with one attached hydrogen (secondary N) is 1. The van der Waals surface area contributed by atoms with Gasteiger partial charge in [-0.3, -0.25) is 0 Å². The molecule has 0 spiro atoms. The Balaban J connectivity index is 2.04. The third kappa shape index (κ3) is 3.83. The van der Waals surface area contributed by atoms with Gasteiger partial charge in [-0.2, -0.15) is 0 Å². The molecule has 4 nitrogen and oxygen atoms in total. The van der Waals surface area contributed by atoms with Crippen LogP contribution in [-0.4, -0.2) is 23.1 Å². The second-order valence-electron chi connectivity index (χ2n) is 5.02. The van der Waals surface area contributed by atoms with E-state index in [9.17, 15) is 0 Å². The van der Waals surface area contributed by atoms with Crippen LogP contribution < -0.4 is 10.5 Å². The highest BCUT2D eigenvalue weighted by Gasteiger charge is 2.04. The van der Waals surface area contributed by atoms with Crippen molar-refractivity contribution in [3.05, 3.63) is 36.2 Å². The van der Waals surface area contributed by atoms with Crippen LogP contribution in [-0.2, 0) is 6.42 Å². The highest BCUT2D eigenvalue weighted by Crippen LogP contribution is 2.20. The summed E-state index contributed by atoms with van der Waals surface area (Å²) in [5.41, 5.74) is 7.64. The number of benzene rings is 1. The van der Waals surface area contributed by atoms with E-state index in [1.54, 1.807) is 0 Å². The summed E-state index contributed by atoms with van der Waals surface area (Å²) in [4.78, 5) is 7.63. The topological polar surface area (TPSA) is 63.9 Å². The molecule has 0 aliphatic heterocycles. The van der Waals surface area contributed by atoms with Crippen LogP contribution in [0.3, 0.4) is 0 Å². The zero-order valence-electron chi connectivity index (χ0n) is 11.5. The summed E-state index contributed by atoms with van der Waals surface area (Å²) in [6.45, 7) is 5.64. The molecule has 0 radical (unpaired) electrons. The van der Waals surface area contributed by atoms with Crippen molar-refractivity contribution in [1.82, 2.24) is 9.97 Å². The molecule has 2 rings (SSSR count). The minimum Gasteiger partial charge on any atom is -0.493 e. The number of rotatable bonds is 6. The molecule has 3 N–H and O–H groups in total. The van der Waals surface area contributed by atoms with Crippen LogP contribution in [0.25, 0.3) is 11.4 Å². The zero-order chi connectivity index (χ0) is 13.7. The molecule has 102 valence electrons. The molecule has 0 aliphatic rings. The standard InChI is InChI=1S/C15H21N3O/c1-11(2)10-19-14-5-3-12(4-6-14)15-17-9-13(18-15)7-8-16/h3-6,9,11H,7-8,10,16H2,1-2H3,(H,17,18). The Kier molecular flexibility index (Phi) is 4.58. The lowest BCUT2D eigenvalue weighted by atomic mass is 10.2. The van der Waals surface area contributed by atoms with Gasteiger partial charge in [0.25, 0.3) is 0 Å². The Morgan fingerprint density at radius 2 is 2.00 bits per heavy atom. The molecule has 1 heterocycles. The molecule has 0 atom stereocenters. The van der Waals surface area contributed by atoms with Gasteiger partial charge in [0.2, 0.25) is 0 Å². The van der Waals surface area contributed by atoms with Crippen molar-refractivity contribution in [1.29, 1.82) is 0 Å². The predicted octanol–water partition coefficient (Wildman–Crippen LogP) is 2.61. The molecule has 0 bridgehead atoms. The molecular weight excluding hydrogens is 238 g/mol. The van der Waals surface area contributed by atoms with Gasteiger partial charge in [-0.15, -0.1) is 0 Å². The Bertz CT molecular complexity index is 502. The lowest BCUT2D eigenvalue weighted by Gasteiger charge is -2.08. The molecule has 19 heavy (non-hydrogen) atoms. The van der Waals surface area contributed by atoms with Gasteiger partial charge in [-0.25, -0.2) is 4.98 Å². The van der Waals surface area contributed by atoms with E-state index in [0.29, 0.717) is 12.5 Å². The molecule has 4 heteroatoms. The van der Waals surface area contributed by atoms with Crippen molar-refractivity contribution >= 4 is 0 Å². The van der Waals surface area contributed by atoms with Gasteiger partial charge in [0.1, 0.15) is 11.6 Å². The molecule has 0 fully saturated rings. The zero-order valence-corrected chi connectivity index (χ0v) is 11.5. The van der Waals surface area contributed by atoms with Crippen molar-refractivity contribution in [3.8, 4) is 17.1 Å². The number of H-pyrrole nitrogens is 1. The quantitative estimate of drug-likeness (QED) is 0.838. The van der Waals surface area contributed by atoms with Crippen molar-refractivity contribution < 1.29 is 4.74 Å². The summed E-state index contributed by atoms with van der Waals surface area (Å²) in [6, 6.07) is 7.98. The summed E-state index contributed by atoms with van der Waals surface area (Å²) < 4.78 is 5.65. The van der Waals surface area contributed by atoms with E-state index in [1.807, 2.05) is 30.5 Å². The SMILES string of the molecule is CC(C)COc1ccc(-c2ncc(CCN)[nH]2)cc1. The summed E-state index contributed by atoms with van der Waals surface area (Å²) in [5.74, 6) is 2.30. The van der Waals surface area contributed by atoms with E-state index in [0.717, 1.165) is 35.9 Å². The van der Waals surface area contributed by atoms with Crippen molar-refractivity contribution in [2.24, 2.45) is 11.7 Å². The Labute approximate surface area is 114 Å². The largest absolute Gasteiger partial charge is 0.493 e. The lowest BCUT2D eigenvalue weighted by Crippen LogP contribution is -2.04. The lowest BCUT2D eigenvalue weighted by molar-refractivity contribution is 0.271. The van der Waals surface area contributed by atoms with Gasteiger partial charge in [0, 0.05) is 23.9 Å². The predicted molar refractivity (Wildman–Crippen MR) is 77.1 cm³/mol. The maximum atomic E-state index is 5.65. The molecule has 0 saturated heterocycles. The summed E-state index contributed by atoms with van der Waals surface area (Å²) >= 11 is 0. The van der Waals surface area contributed by atoms with Gasteiger partial charge < -0.3 is 15.5 Å². The maximum absolute atomic E-state index is 5.65. The first-order chi connectivity index (χ1) is 9.19. The number of hydrogen-bond acceptors (Lipinski definition) is 3. The van der Waals surface area contributed by atoms with Crippen LogP contribution in [0.15, 0.2) is 30.5 Å². The first kappa shape index (κ1) is 13.6. The second-order valence-corrected chi connectivity index (χ2v) is 5.02. The Hall–Kier alpha value is -1.81. The van der Waals surface area contributed by atoms with E-state index in [2.05, 4.69) is 23.8 Å². The molecule has 1 aromatic heterocycles. The number of ether oxygens (including phenoxy) is 1. The summed E-state index contributed by atoms with van der Waals surface area (Å²) in [7, 11) is 0. The highest BCUT2D eigenvalue weighted by molar-refractivity contribution is 5.56. The molecule has 0 saturated carbocycles. The van der Waals surface area contributed by atoms with Gasteiger partial charge >= 0.3 is 0 Å². The summed E-state index contributed by atoms with van der Waals surface area (Å²) in [5, 5.41) is 0. The van der Waals surface area contributed by atoms with Crippen LogP contribution in [0.5, 0.6) is 5.75 Å². The van der Waals surface area contributed by atoms with Gasteiger partial charge in [0.05, 0.1) is 6.61 Å². The molecule has 0 unspecified atom stereocenters. The van der Waals surface area contributed by atoms with Crippen LogP contribution in [0.1, 0.15) is 19.5 Å². The van der Waals surface area contributed by atoms with E-state index < -0.39 is 0 Å². The van der Waals surface area contributed by atoms with E-state index >= 15 is 0 Å².